The Balaban J connectivity index is 1.17. The van der Waals surface area contributed by atoms with Crippen LogP contribution in [0.1, 0.15) is 32.0 Å². The molecule has 1 N–H and O–H groups in total. The van der Waals surface area contributed by atoms with Crippen molar-refractivity contribution in [1.29, 1.82) is 0 Å². The molecule has 38 heavy (non-hydrogen) atoms. The quantitative estimate of drug-likeness (QED) is 0.252. The van der Waals surface area contributed by atoms with Gasteiger partial charge in [-0.2, -0.15) is 0 Å². The van der Waals surface area contributed by atoms with Crippen molar-refractivity contribution in [3.8, 4) is 11.3 Å². The molecule has 1 aliphatic heterocycles. The van der Waals surface area contributed by atoms with Crippen molar-refractivity contribution in [2.75, 3.05) is 11.9 Å². The van der Waals surface area contributed by atoms with Crippen LogP contribution in [-0.2, 0) is 13.0 Å². The minimum Gasteiger partial charge on any atom is -0.461 e. The Morgan fingerprint density at radius 1 is 0.842 bits per heavy atom. The summed E-state index contributed by atoms with van der Waals surface area (Å²) < 4.78 is 6.16. The lowest BCUT2D eigenvalue weighted by molar-refractivity contribution is 0.0732. The number of nitrogens with zero attached hydrogens (tertiary/aromatic N) is 1. The van der Waals surface area contributed by atoms with Gasteiger partial charge in [-0.1, -0.05) is 59.6 Å². The Hall–Kier alpha value is -4.06. The summed E-state index contributed by atoms with van der Waals surface area (Å²) in [6.45, 7) is 1.09. The number of halogens is 2. The van der Waals surface area contributed by atoms with Gasteiger partial charge >= 0.3 is 0 Å². The maximum atomic E-state index is 13.4. The molecule has 0 aliphatic carbocycles. The Kier molecular flexibility index (Phi) is 6.40. The smallest absolute Gasteiger partial charge is 0.257 e. The van der Waals surface area contributed by atoms with Gasteiger partial charge in [-0.25, -0.2) is 0 Å². The lowest BCUT2D eigenvalue weighted by atomic mass is 10.0. The van der Waals surface area contributed by atoms with Crippen molar-refractivity contribution in [1.82, 2.24) is 4.90 Å². The lowest BCUT2D eigenvalue weighted by Crippen LogP contribution is -2.35. The standard InChI is InChI=1S/C31H22Cl2N2O3/c32-22-10-13-26(27(33)17-22)30(36)34-23-11-8-20(9-12-23)29-16-21-18-35(15-14-28(21)38-29)31(37)25-7-3-5-19-4-1-2-6-24(19)25/h1-13,16-17H,14-15,18H2,(H,34,36). The normalized spacial score (nSPS) is 12.8. The summed E-state index contributed by atoms with van der Waals surface area (Å²) in [6.07, 6.45) is 0.655. The summed E-state index contributed by atoms with van der Waals surface area (Å²) in [6, 6.07) is 28.0. The number of hydrogen-bond donors (Lipinski definition) is 1. The first-order valence-corrected chi connectivity index (χ1v) is 13.0. The number of fused-ring (bicyclic) bond motifs is 2. The number of carbonyl (C=O) groups is 2. The average Bonchev–Trinajstić information content (AvgIpc) is 3.36. The fourth-order valence-corrected chi connectivity index (χ4v) is 5.32. The molecule has 0 saturated carbocycles. The molecule has 0 bridgehead atoms. The number of hydrogen-bond acceptors (Lipinski definition) is 3. The zero-order chi connectivity index (χ0) is 26.2. The Morgan fingerprint density at radius 2 is 1.63 bits per heavy atom. The van der Waals surface area contributed by atoms with Crippen LogP contribution in [0.15, 0.2) is 95.4 Å². The summed E-state index contributed by atoms with van der Waals surface area (Å²) in [7, 11) is 0. The highest BCUT2D eigenvalue weighted by atomic mass is 35.5. The second-order valence-corrected chi connectivity index (χ2v) is 10.1. The number of anilines is 1. The van der Waals surface area contributed by atoms with Crippen molar-refractivity contribution < 1.29 is 14.0 Å². The van der Waals surface area contributed by atoms with Crippen LogP contribution < -0.4 is 5.32 Å². The second kappa shape index (κ2) is 10.0. The van der Waals surface area contributed by atoms with Crippen molar-refractivity contribution in [2.24, 2.45) is 0 Å². The predicted molar refractivity (Wildman–Crippen MR) is 151 cm³/mol. The van der Waals surface area contributed by atoms with E-state index in [1.807, 2.05) is 77.7 Å². The largest absolute Gasteiger partial charge is 0.461 e. The van der Waals surface area contributed by atoms with Crippen LogP contribution in [0, 0.1) is 0 Å². The van der Waals surface area contributed by atoms with Crippen LogP contribution in [-0.4, -0.2) is 23.3 Å². The summed E-state index contributed by atoms with van der Waals surface area (Å²) in [5.74, 6) is 1.34. The Labute approximate surface area is 229 Å². The van der Waals surface area contributed by atoms with Gasteiger partial charge < -0.3 is 14.6 Å². The first kappa shape index (κ1) is 24.3. The van der Waals surface area contributed by atoms with Gasteiger partial charge in [-0.05, 0) is 65.4 Å². The maximum Gasteiger partial charge on any atom is 0.257 e. The van der Waals surface area contributed by atoms with Gasteiger partial charge in [0.05, 0.1) is 10.6 Å². The van der Waals surface area contributed by atoms with Crippen LogP contribution in [0.2, 0.25) is 10.0 Å². The molecule has 5 aromatic rings. The van der Waals surface area contributed by atoms with Crippen molar-refractivity contribution in [3.05, 3.63) is 123 Å². The third-order valence-electron chi connectivity index (χ3n) is 6.78. The molecule has 2 amide bonds. The summed E-state index contributed by atoms with van der Waals surface area (Å²) in [5.41, 5.74) is 3.59. The number of amides is 2. The number of rotatable bonds is 4. The summed E-state index contributed by atoms with van der Waals surface area (Å²) >= 11 is 12.1. The first-order chi connectivity index (χ1) is 18.5. The van der Waals surface area contributed by atoms with Gasteiger partial charge in [0.15, 0.2) is 0 Å². The van der Waals surface area contributed by atoms with Gasteiger partial charge in [0.25, 0.3) is 11.8 Å². The minimum atomic E-state index is -0.316. The molecule has 1 aliphatic rings. The molecule has 0 radical (unpaired) electrons. The summed E-state index contributed by atoms with van der Waals surface area (Å²) in [5, 5.41) is 5.63. The van der Waals surface area contributed by atoms with E-state index in [0.29, 0.717) is 46.4 Å². The predicted octanol–water partition coefficient (Wildman–Crippen LogP) is 7.86. The monoisotopic (exact) mass is 540 g/mol. The molecule has 0 unspecified atom stereocenters. The van der Waals surface area contributed by atoms with E-state index in [1.165, 1.54) is 6.07 Å². The lowest BCUT2D eigenvalue weighted by Gasteiger charge is -2.26. The molecule has 1 aromatic heterocycles. The van der Waals surface area contributed by atoms with Gasteiger partial charge in [-0.15, -0.1) is 0 Å². The average molecular weight is 541 g/mol. The van der Waals surface area contributed by atoms with Gasteiger partial charge in [0, 0.05) is 46.9 Å². The number of carbonyl (C=O) groups excluding carboxylic acids is 2. The Bertz CT molecular complexity index is 1690. The second-order valence-electron chi connectivity index (χ2n) is 9.22. The van der Waals surface area contributed by atoms with E-state index in [1.54, 1.807) is 12.1 Å². The summed E-state index contributed by atoms with van der Waals surface area (Å²) in [4.78, 5) is 27.9. The van der Waals surface area contributed by atoms with E-state index in [-0.39, 0.29) is 11.8 Å². The highest BCUT2D eigenvalue weighted by Gasteiger charge is 2.26. The molecule has 188 valence electrons. The molecular formula is C31H22Cl2N2O3. The molecule has 2 heterocycles. The molecule has 0 fully saturated rings. The van der Waals surface area contributed by atoms with Gasteiger partial charge in [0.1, 0.15) is 11.5 Å². The molecule has 0 atom stereocenters. The molecule has 7 heteroatoms. The van der Waals surface area contributed by atoms with E-state index < -0.39 is 0 Å². The zero-order valence-electron chi connectivity index (χ0n) is 20.2. The molecule has 5 nitrogen and oxygen atoms in total. The SMILES string of the molecule is O=C(Nc1ccc(-c2cc3c(o2)CCN(C(=O)c2cccc4ccccc24)C3)cc1)c1ccc(Cl)cc1Cl. The van der Waals surface area contributed by atoms with E-state index in [0.717, 1.165) is 33.4 Å². The first-order valence-electron chi connectivity index (χ1n) is 12.2. The fraction of sp³-hybridized carbons (Fsp3) is 0.0968. The van der Waals surface area contributed by atoms with E-state index >= 15 is 0 Å². The fourth-order valence-electron chi connectivity index (χ4n) is 4.82. The molecule has 6 rings (SSSR count). The highest BCUT2D eigenvalue weighted by molar-refractivity contribution is 6.37. The van der Waals surface area contributed by atoms with Gasteiger partial charge in [0.2, 0.25) is 0 Å². The minimum absolute atomic E-state index is 0.0242. The van der Waals surface area contributed by atoms with Crippen LogP contribution in [0.4, 0.5) is 5.69 Å². The van der Waals surface area contributed by atoms with E-state index in [4.69, 9.17) is 27.6 Å². The highest BCUT2D eigenvalue weighted by Crippen LogP contribution is 2.32. The number of nitrogens with one attached hydrogen (secondary N) is 1. The van der Waals surface area contributed by atoms with Gasteiger partial charge in [-0.3, -0.25) is 9.59 Å². The molecule has 4 aromatic carbocycles. The third kappa shape index (κ3) is 4.67. The van der Waals surface area contributed by atoms with Crippen LogP contribution in [0.25, 0.3) is 22.1 Å². The van der Waals surface area contributed by atoms with E-state index in [2.05, 4.69) is 5.32 Å². The van der Waals surface area contributed by atoms with Crippen LogP contribution >= 0.6 is 23.2 Å². The maximum absolute atomic E-state index is 13.4. The molecule has 0 spiro atoms. The topological polar surface area (TPSA) is 62.6 Å². The zero-order valence-corrected chi connectivity index (χ0v) is 21.7. The van der Waals surface area contributed by atoms with E-state index in [9.17, 15) is 9.59 Å². The number of benzene rings is 4. The van der Waals surface area contributed by atoms with Crippen LogP contribution in [0.3, 0.4) is 0 Å². The third-order valence-corrected chi connectivity index (χ3v) is 7.32. The van der Waals surface area contributed by atoms with Crippen molar-refractivity contribution in [3.63, 3.8) is 0 Å². The molecular weight excluding hydrogens is 519 g/mol. The van der Waals surface area contributed by atoms with Crippen molar-refractivity contribution in [2.45, 2.75) is 13.0 Å². The van der Waals surface area contributed by atoms with Crippen molar-refractivity contribution >= 4 is 51.5 Å². The van der Waals surface area contributed by atoms with Crippen LogP contribution in [0.5, 0.6) is 0 Å². The Morgan fingerprint density at radius 3 is 2.45 bits per heavy atom. The molecule has 0 saturated heterocycles. The number of furan rings is 1.